The fraction of sp³-hybridized carbons (Fsp3) is 0.435. The van der Waals surface area contributed by atoms with Crippen LogP contribution in [-0.2, 0) is 19.4 Å². The second-order valence-electron chi connectivity index (χ2n) is 8.46. The molecule has 3 aromatic rings. The van der Waals surface area contributed by atoms with Gasteiger partial charge in [0, 0.05) is 36.9 Å². The van der Waals surface area contributed by atoms with E-state index in [0.717, 1.165) is 68.4 Å². The van der Waals surface area contributed by atoms with Crippen LogP contribution in [-0.4, -0.2) is 44.1 Å². The molecule has 1 aromatic carbocycles. The van der Waals surface area contributed by atoms with Gasteiger partial charge in [-0.25, -0.2) is 4.98 Å². The maximum Gasteiger partial charge on any atom is 0.226 e. The number of piperidine rings is 1. The second-order valence-corrected chi connectivity index (χ2v) is 8.46. The van der Waals surface area contributed by atoms with E-state index in [2.05, 4.69) is 22.1 Å². The number of pyridine rings is 1. The molecule has 0 unspecified atom stereocenters. The first-order chi connectivity index (χ1) is 14.6. The van der Waals surface area contributed by atoms with Crippen molar-refractivity contribution in [3.05, 3.63) is 46.6 Å². The third-order valence-electron chi connectivity index (χ3n) is 6.45. The van der Waals surface area contributed by atoms with Gasteiger partial charge in [0.15, 0.2) is 5.65 Å². The third kappa shape index (κ3) is 3.54. The summed E-state index contributed by atoms with van der Waals surface area (Å²) in [5, 5.41) is 14.4. The average Bonchev–Trinajstić information content (AvgIpc) is 3.21. The van der Waals surface area contributed by atoms with E-state index in [1.54, 1.807) is 6.07 Å². The SMILES string of the molecule is Cc1nc2nc(NC3CCN(Cc4ccccc4O)CC3)nc(N)c2c2c1CCC2. The normalized spacial score (nSPS) is 17.4. The van der Waals surface area contributed by atoms with E-state index in [-0.39, 0.29) is 0 Å². The summed E-state index contributed by atoms with van der Waals surface area (Å²) in [6.45, 7) is 4.75. The molecular formula is C23H28N6O. The maximum atomic E-state index is 10.0. The lowest BCUT2D eigenvalue weighted by molar-refractivity contribution is 0.209. The zero-order chi connectivity index (χ0) is 20.7. The first-order valence-electron chi connectivity index (χ1n) is 10.8. The van der Waals surface area contributed by atoms with Crippen molar-refractivity contribution in [1.82, 2.24) is 19.9 Å². The summed E-state index contributed by atoms with van der Waals surface area (Å²) >= 11 is 0. The maximum absolute atomic E-state index is 10.0. The lowest BCUT2D eigenvalue weighted by Gasteiger charge is -2.32. The fourth-order valence-corrected chi connectivity index (χ4v) is 4.85. The van der Waals surface area contributed by atoms with Crippen molar-refractivity contribution in [1.29, 1.82) is 0 Å². The molecule has 1 saturated heterocycles. The number of aryl methyl sites for hydroxylation is 2. The monoisotopic (exact) mass is 404 g/mol. The number of aromatic hydroxyl groups is 1. The fourth-order valence-electron chi connectivity index (χ4n) is 4.85. The van der Waals surface area contributed by atoms with Gasteiger partial charge in [0.05, 0.1) is 5.39 Å². The van der Waals surface area contributed by atoms with Crippen LogP contribution in [0.25, 0.3) is 11.0 Å². The van der Waals surface area contributed by atoms with Gasteiger partial charge in [-0.2, -0.15) is 9.97 Å². The molecule has 1 fully saturated rings. The summed E-state index contributed by atoms with van der Waals surface area (Å²) in [4.78, 5) is 16.4. The summed E-state index contributed by atoms with van der Waals surface area (Å²) in [5.74, 6) is 1.47. The molecule has 0 bridgehead atoms. The Morgan fingerprint density at radius 3 is 2.67 bits per heavy atom. The number of para-hydroxylation sites is 1. The summed E-state index contributed by atoms with van der Waals surface area (Å²) in [5.41, 5.74) is 11.7. The third-order valence-corrected chi connectivity index (χ3v) is 6.45. The number of aromatic nitrogens is 3. The van der Waals surface area contributed by atoms with Crippen molar-refractivity contribution in [2.45, 2.75) is 51.6 Å². The van der Waals surface area contributed by atoms with E-state index < -0.39 is 0 Å². The number of likely N-dealkylation sites (tertiary alicyclic amines) is 1. The van der Waals surface area contributed by atoms with Crippen molar-refractivity contribution < 1.29 is 5.11 Å². The lowest BCUT2D eigenvalue weighted by Crippen LogP contribution is -2.39. The molecule has 0 spiro atoms. The van der Waals surface area contributed by atoms with Gasteiger partial charge in [-0.15, -0.1) is 0 Å². The van der Waals surface area contributed by atoms with Crippen LogP contribution in [0.4, 0.5) is 11.8 Å². The highest BCUT2D eigenvalue weighted by molar-refractivity contribution is 5.91. The van der Waals surface area contributed by atoms with Crippen LogP contribution in [0, 0.1) is 6.92 Å². The molecule has 156 valence electrons. The highest BCUT2D eigenvalue weighted by Crippen LogP contribution is 2.33. The van der Waals surface area contributed by atoms with E-state index >= 15 is 0 Å². The number of anilines is 2. The number of nitrogens with one attached hydrogen (secondary N) is 1. The Hall–Kier alpha value is -2.93. The van der Waals surface area contributed by atoms with Gasteiger partial charge >= 0.3 is 0 Å². The van der Waals surface area contributed by atoms with Crippen molar-refractivity contribution >= 4 is 22.8 Å². The summed E-state index contributed by atoms with van der Waals surface area (Å²) in [6.07, 6.45) is 5.24. The van der Waals surface area contributed by atoms with Crippen LogP contribution in [0.5, 0.6) is 5.75 Å². The number of hydrogen-bond donors (Lipinski definition) is 3. The second kappa shape index (κ2) is 7.72. The molecular weight excluding hydrogens is 376 g/mol. The van der Waals surface area contributed by atoms with Crippen molar-refractivity contribution in [3.8, 4) is 5.75 Å². The van der Waals surface area contributed by atoms with E-state index in [9.17, 15) is 5.11 Å². The standard InChI is InChI=1S/C23H28N6O/c1-14-17-6-4-7-18(17)20-21(24)27-23(28-22(20)25-14)26-16-9-11-29(12-10-16)13-15-5-2-3-8-19(15)30/h2-3,5,8,16,30H,4,6-7,9-13H2,1H3,(H3,24,25,26,27,28). The van der Waals surface area contributed by atoms with E-state index in [1.807, 2.05) is 18.2 Å². The highest BCUT2D eigenvalue weighted by atomic mass is 16.3. The van der Waals surface area contributed by atoms with Gasteiger partial charge in [0.25, 0.3) is 0 Å². The minimum Gasteiger partial charge on any atom is -0.508 e. The molecule has 2 aliphatic rings. The Bertz CT molecular complexity index is 1090. The van der Waals surface area contributed by atoms with Crippen LogP contribution < -0.4 is 11.1 Å². The smallest absolute Gasteiger partial charge is 0.226 e. The molecule has 0 atom stereocenters. The number of phenolic OH excluding ortho intramolecular Hbond substituents is 1. The van der Waals surface area contributed by atoms with Crippen LogP contribution in [0.2, 0.25) is 0 Å². The van der Waals surface area contributed by atoms with Crippen LogP contribution in [0.1, 0.15) is 41.6 Å². The Labute approximate surface area is 176 Å². The van der Waals surface area contributed by atoms with Crippen LogP contribution in [0.15, 0.2) is 24.3 Å². The zero-order valence-corrected chi connectivity index (χ0v) is 17.4. The first-order valence-corrected chi connectivity index (χ1v) is 10.8. The molecule has 4 N–H and O–H groups in total. The number of phenols is 1. The minimum absolute atomic E-state index is 0.304. The number of fused-ring (bicyclic) bond motifs is 3. The van der Waals surface area contributed by atoms with Gasteiger partial charge in [-0.3, -0.25) is 4.90 Å². The van der Waals surface area contributed by atoms with Crippen molar-refractivity contribution in [2.24, 2.45) is 0 Å². The molecule has 7 heteroatoms. The van der Waals surface area contributed by atoms with Crippen molar-refractivity contribution in [3.63, 3.8) is 0 Å². The van der Waals surface area contributed by atoms with E-state index in [0.29, 0.717) is 29.2 Å². The lowest BCUT2D eigenvalue weighted by atomic mass is 10.0. The van der Waals surface area contributed by atoms with Gasteiger partial charge in [-0.05, 0) is 56.2 Å². The molecule has 1 aliphatic carbocycles. The number of benzene rings is 1. The Kier molecular flexibility index (Phi) is 4.90. The van der Waals surface area contributed by atoms with Crippen molar-refractivity contribution in [2.75, 3.05) is 24.1 Å². The first kappa shape index (κ1) is 19.1. The summed E-state index contributed by atoms with van der Waals surface area (Å²) < 4.78 is 0. The molecule has 0 saturated carbocycles. The van der Waals surface area contributed by atoms with Gasteiger partial charge in [0.1, 0.15) is 11.6 Å². The topological polar surface area (TPSA) is 100 Å². The van der Waals surface area contributed by atoms with E-state index in [1.165, 1.54) is 11.1 Å². The number of nitrogens with two attached hydrogens (primary N) is 1. The average molecular weight is 405 g/mol. The quantitative estimate of drug-likeness (QED) is 0.614. The number of nitrogen functional groups attached to an aromatic ring is 1. The van der Waals surface area contributed by atoms with Crippen LogP contribution >= 0.6 is 0 Å². The molecule has 2 aromatic heterocycles. The summed E-state index contributed by atoms with van der Waals surface area (Å²) in [7, 11) is 0. The molecule has 7 nitrogen and oxygen atoms in total. The Morgan fingerprint density at radius 1 is 1.10 bits per heavy atom. The molecule has 0 radical (unpaired) electrons. The zero-order valence-electron chi connectivity index (χ0n) is 17.4. The molecule has 30 heavy (non-hydrogen) atoms. The predicted octanol–water partition coefficient (Wildman–Crippen LogP) is 3.19. The Balaban J connectivity index is 1.28. The summed E-state index contributed by atoms with van der Waals surface area (Å²) in [6, 6.07) is 7.86. The van der Waals surface area contributed by atoms with Crippen LogP contribution in [0.3, 0.4) is 0 Å². The number of rotatable bonds is 4. The van der Waals surface area contributed by atoms with Gasteiger partial charge in [-0.1, -0.05) is 18.2 Å². The number of nitrogens with zero attached hydrogens (tertiary/aromatic N) is 4. The van der Waals surface area contributed by atoms with Gasteiger partial charge in [0.2, 0.25) is 5.95 Å². The molecule has 1 aliphatic heterocycles. The van der Waals surface area contributed by atoms with E-state index in [4.69, 9.17) is 15.7 Å². The minimum atomic E-state index is 0.304. The molecule has 5 rings (SSSR count). The predicted molar refractivity (Wildman–Crippen MR) is 119 cm³/mol. The Morgan fingerprint density at radius 2 is 1.87 bits per heavy atom. The molecule has 3 heterocycles. The molecule has 0 amide bonds. The highest BCUT2D eigenvalue weighted by Gasteiger charge is 2.23. The largest absolute Gasteiger partial charge is 0.508 e. The number of hydrogen-bond acceptors (Lipinski definition) is 7. The van der Waals surface area contributed by atoms with Gasteiger partial charge < -0.3 is 16.2 Å².